The van der Waals surface area contributed by atoms with Crippen LogP contribution in [0.5, 0.6) is 5.88 Å². The molecule has 0 amide bonds. The van der Waals surface area contributed by atoms with Crippen LogP contribution in [-0.4, -0.2) is 22.4 Å². The van der Waals surface area contributed by atoms with Gasteiger partial charge in [0.1, 0.15) is 0 Å². The van der Waals surface area contributed by atoms with Crippen LogP contribution in [0.1, 0.15) is 37.1 Å². The Morgan fingerprint density at radius 2 is 2.21 bits per heavy atom. The summed E-state index contributed by atoms with van der Waals surface area (Å²) in [5, 5.41) is 0. The third-order valence-corrected chi connectivity index (χ3v) is 1.60. The Labute approximate surface area is 83.3 Å². The van der Waals surface area contributed by atoms with Crippen LogP contribution >= 0.6 is 0 Å². The van der Waals surface area contributed by atoms with Crippen molar-refractivity contribution in [3.63, 3.8) is 0 Å². The highest BCUT2D eigenvalue weighted by Gasteiger charge is 2.05. The third kappa shape index (κ3) is 2.80. The molecule has 0 saturated carbocycles. The summed E-state index contributed by atoms with van der Waals surface area (Å²) < 4.78 is 5.39. The van der Waals surface area contributed by atoms with Crippen molar-refractivity contribution >= 4 is 6.29 Å². The highest BCUT2D eigenvalue weighted by Crippen LogP contribution is 2.10. The Kier molecular flexibility index (Phi) is 3.56. The van der Waals surface area contributed by atoms with E-state index in [2.05, 4.69) is 9.97 Å². The zero-order valence-corrected chi connectivity index (χ0v) is 8.65. The molecule has 0 fully saturated rings. The SMILES string of the molecule is CCc1cc(OC(C)C)nc(C=O)n1. The summed E-state index contributed by atoms with van der Waals surface area (Å²) in [4.78, 5) is 18.5. The number of hydrogen-bond donors (Lipinski definition) is 0. The van der Waals surface area contributed by atoms with Gasteiger partial charge in [0.15, 0.2) is 12.1 Å². The standard InChI is InChI=1S/C10H14N2O2/c1-4-8-5-10(14-7(2)3)12-9(6-13)11-8/h5-7H,4H2,1-3H3. The Hall–Kier alpha value is -1.45. The molecule has 4 nitrogen and oxygen atoms in total. The molecule has 1 aromatic rings. The number of ether oxygens (including phenoxy) is 1. The number of carbonyl (C=O) groups is 1. The van der Waals surface area contributed by atoms with E-state index in [0.717, 1.165) is 12.1 Å². The maximum atomic E-state index is 10.5. The van der Waals surface area contributed by atoms with E-state index in [-0.39, 0.29) is 11.9 Å². The molecule has 0 atom stereocenters. The highest BCUT2D eigenvalue weighted by atomic mass is 16.5. The molecule has 1 aromatic heterocycles. The number of aryl methyl sites for hydroxylation is 1. The van der Waals surface area contributed by atoms with Gasteiger partial charge in [0.25, 0.3) is 0 Å². The fraction of sp³-hybridized carbons (Fsp3) is 0.500. The van der Waals surface area contributed by atoms with Gasteiger partial charge in [-0.05, 0) is 20.3 Å². The summed E-state index contributed by atoms with van der Waals surface area (Å²) >= 11 is 0. The smallest absolute Gasteiger partial charge is 0.217 e. The first-order chi connectivity index (χ1) is 6.65. The molecule has 1 heterocycles. The molecule has 0 radical (unpaired) electrons. The number of rotatable bonds is 4. The van der Waals surface area contributed by atoms with E-state index in [1.54, 1.807) is 6.07 Å². The van der Waals surface area contributed by atoms with E-state index >= 15 is 0 Å². The van der Waals surface area contributed by atoms with Crippen molar-refractivity contribution in [1.82, 2.24) is 9.97 Å². The average Bonchev–Trinajstić information content (AvgIpc) is 2.16. The number of carbonyl (C=O) groups excluding carboxylic acids is 1. The molecule has 14 heavy (non-hydrogen) atoms. The summed E-state index contributed by atoms with van der Waals surface area (Å²) in [5.41, 5.74) is 0.817. The second kappa shape index (κ2) is 4.69. The quantitative estimate of drug-likeness (QED) is 0.684. The topological polar surface area (TPSA) is 52.1 Å². The van der Waals surface area contributed by atoms with Gasteiger partial charge in [-0.2, -0.15) is 4.98 Å². The number of aldehydes is 1. The van der Waals surface area contributed by atoms with Gasteiger partial charge in [0.2, 0.25) is 5.88 Å². The molecule has 0 aromatic carbocycles. The minimum Gasteiger partial charge on any atom is -0.475 e. The number of aromatic nitrogens is 2. The minimum atomic E-state index is 0.0501. The Bertz CT molecular complexity index is 324. The summed E-state index contributed by atoms with van der Waals surface area (Å²) in [7, 11) is 0. The van der Waals surface area contributed by atoms with Gasteiger partial charge in [-0.3, -0.25) is 4.79 Å². The third-order valence-electron chi connectivity index (χ3n) is 1.60. The number of nitrogens with zero attached hydrogens (tertiary/aromatic N) is 2. The Morgan fingerprint density at radius 1 is 1.50 bits per heavy atom. The van der Waals surface area contributed by atoms with Crippen molar-refractivity contribution in [3.05, 3.63) is 17.6 Å². The van der Waals surface area contributed by atoms with Crippen LogP contribution in [0.4, 0.5) is 0 Å². The van der Waals surface area contributed by atoms with Gasteiger partial charge < -0.3 is 4.74 Å². The molecule has 0 bridgehead atoms. The van der Waals surface area contributed by atoms with E-state index < -0.39 is 0 Å². The van der Waals surface area contributed by atoms with Crippen molar-refractivity contribution in [1.29, 1.82) is 0 Å². The normalized spacial score (nSPS) is 10.3. The summed E-state index contributed by atoms with van der Waals surface area (Å²) in [6.45, 7) is 5.79. The fourth-order valence-electron chi connectivity index (χ4n) is 1.03. The Balaban J connectivity index is 2.98. The highest BCUT2D eigenvalue weighted by molar-refractivity contribution is 5.68. The van der Waals surface area contributed by atoms with Crippen molar-refractivity contribution in [2.45, 2.75) is 33.3 Å². The molecule has 0 aliphatic rings. The van der Waals surface area contributed by atoms with Crippen molar-refractivity contribution < 1.29 is 9.53 Å². The molecule has 0 unspecified atom stereocenters. The van der Waals surface area contributed by atoms with Gasteiger partial charge in [-0.1, -0.05) is 6.92 Å². The molecular weight excluding hydrogens is 180 g/mol. The first-order valence-corrected chi connectivity index (χ1v) is 4.65. The predicted molar refractivity (Wildman–Crippen MR) is 52.6 cm³/mol. The van der Waals surface area contributed by atoms with Crippen LogP contribution in [0.25, 0.3) is 0 Å². The van der Waals surface area contributed by atoms with E-state index in [1.807, 2.05) is 20.8 Å². The van der Waals surface area contributed by atoms with E-state index in [4.69, 9.17) is 4.74 Å². The molecule has 0 N–H and O–H groups in total. The molecule has 0 aliphatic carbocycles. The number of hydrogen-bond acceptors (Lipinski definition) is 4. The average molecular weight is 194 g/mol. The molecule has 76 valence electrons. The lowest BCUT2D eigenvalue weighted by atomic mass is 10.3. The van der Waals surface area contributed by atoms with Crippen molar-refractivity contribution in [2.24, 2.45) is 0 Å². The van der Waals surface area contributed by atoms with Gasteiger partial charge in [0.05, 0.1) is 6.10 Å². The van der Waals surface area contributed by atoms with Crippen molar-refractivity contribution in [2.75, 3.05) is 0 Å². The largest absolute Gasteiger partial charge is 0.475 e. The van der Waals surface area contributed by atoms with E-state index in [1.165, 1.54) is 0 Å². The van der Waals surface area contributed by atoms with Crippen molar-refractivity contribution in [3.8, 4) is 5.88 Å². The first kappa shape index (κ1) is 10.6. The zero-order valence-electron chi connectivity index (χ0n) is 8.65. The molecule has 0 saturated heterocycles. The maximum absolute atomic E-state index is 10.5. The van der Waals surface area contributed by atoms with E-state index in [0.29, 0.717) is 12.2 Å². The van der Waals surface area contributed by atoms with Crippen LogP contribution < -0.4 is 4.74 Å². The molecule has 0 spiro atoms. The second-order valence-electron chi connectivity index (χ2n) is 3.19. The lowest BCUT2D eigenvalue weighted by Crippen LogP contribution is -2.09. The van der Waals surface area contributed by atoms with Gasteiger partial charge in [-0.15, -0.1) is 0 Å². The van der Waals surface area contributed by atoms with Crippen LogP contribution in [0.3, 0.4) is 0 Å². The van der Waals surface area contributed by atoms with Crippen LogP contribution in [0.15, 0.2) is 6.07 Å². The lowest BCUT2D eigenvalue weighted by molar-refractivity contribution is 0.111. The summed E-state index contributed by atoms with van der Waals surface area (Å²) in [6, 6.07) is 1.76. The minimum absolute atomic E-state index is 0.0501. The predicted octanol–water partition coefficient (Wildman–Crippen LogP) is 1.64. The van der Waals surface area contributed by atoms with E-state index in [9.17, 15) is 4.79 Å². The van der Waals surface area contributed by atoms with Crippen LogP contribution in [-0.2, 0) is 6.42 Å². The second-order valence-corrected chi connectivity index (χ2v) is 3.19. The Morgan fingerprint density at radius 3 is 2.71 bits per heavy atom. The maximum Gasteiger partial charge on any atom is 0.217 e. The van der Waals surface area contributed by atoms with Gasteiger partial charge in [0, 0.05) is 11.8 Å². The molecule has 0 aliphatic heterocycles. The fourth-order valence-corrected chi connectivity index (χ4v) is 1.03. The van der Waals surface area contributed by atoms with Crippen LogP contribution in [0.2, 0.25) is 0 Å². The summed E-state index contributed by atoms with van der Waals surface area (Å²) in [5.74, 6) is 0.647. The van der Waals surface area contributed by atoms with Gasteiger partial charge >= 0.3 is 0 Å². The molecule has 4 heteroatoms. The van der Waals surface area contributed by atoms with Crippen LogP contribution in [0, 0.1) is 0 Å². The lowest BCUT2D eigenvalue weighted by Gasteiger charge is -2.09. The van der Waals surface area contributed by atoms with Gasteiger partial charge in [-0.25, -0.2) is 4.98 Å². The first-order valence-electron chi connectivity index (χ1n) is 4.65. The summed E-state index contributed by atoms with van der Waals surface area (Å²) in [6.07, 6.45) is 1.44. The monoisotopic (exact) mass is 194 g/mol. The molecule has 1 rings (SSSR count). The zero-order chi connectivity index (χ0) is 10.6. The molecular formula is C10H14N2O2.